The van der Waals surface area contributed by atoms with E-state index >= 15 is 0 Å². The van der Waals surface area contributed by atoms with Gasteiger partial charge in [-0.25, -0.2) is 0 Å². The zero-order valence-corrected chi connectivity index (χ0v) is 13.1. The number of rotatable bonds is 4. The summed E-state index contributed by atoms with van der Waals surface area (Å²) in [4.78, 5) is 11.2. The van der Waals surface area contributed by atoms with Crippen molar-refractivity contribution < 1.29 is 4.79 Å². The number of thiocarbonyl (C=S) groups is 1. The quantitative estimate of drug-likeness (QED) is 0.671. The van der Waals surface area contributed by atoms with Gasteiger partial charge >= 0.3 is 0 Å². The molecule has 2 aromatic rings. The smallest absolute Gasteiger partial charge is 0.175 e. The van der Waals surface area contributed by atoms with Crippen LogP contribution in [0.2, 0.25) is 0 Å². The number of benzene rings is 1. The lowest BCUT2D eigenvalue weighted by Gasteiger charge is -2.10. The fourth-order valence-corrected chi connectivity index (χ4v) is 2.19. The maximum atomic E-state index is 11.2. The Labute approximate surface area is 129 Å². The van der Waals surface area contributed by atoms with E-state index in [1.807, 2.05) is 30.7 Å². The van der Waals surface area contributed by atoms with Crippen LogP contribution < -0.4 is 10.6 Å². The molecule has 1 aromatic carbocycles. The van der Waals surface area contributed by atoms with Crippen LogP contribution in [-0.4, -0.2) is 20.7 Å². The molecule has 0 aliphatic heterocycles. The molecule has 0 saturated carbocycles. The molecule has 2 N–H and O–H groups in total. The highest BCUT2D eigenvalue weighted by Crippen LogP contribution is 2.15. The summed E-state index contributed by atoms with van der Waals surface area (Å²) in [7, 11) is 0. The Kier molecular flexibility index (Phi) is 4.70. The third-order valence-electron chi connectivity index (χ3n) is 3.20. The molecule has 0 aliphatic rings. The van der Waals surface area contributed by atoms with E-state index in [9.17, 15) is 4.79 Å². The molecule has 0 amide bonds. The van der Waals surface area contributed by atoms with Gasteiger partial charge in [-0.3, -0.25) is 9.48 Å². The van der Waals surface area contributed by atoms with Crippen molar-refractivity contribution in [3.8, 4) is 0 Å². The van der Waals surface area contributed by atoms with Gasteiger partial charge in [-0.2, -0.15) is 5.10 Å². The van der Waals surface area contributed by atoms with E-state index < -0.39 is 0 Å². The number of hydrogen-bond donors (Lipinski definition) is 2. The number of Topliss-reactive ketones (excluding diaryl/α,β-unsaturated/α-hetero) is 1. The number of aryl methyl sites for hydroxylation is 1. The molecule has 5 nitrogen and oxygen atoms in total. The van der Waals surface area contributed by atoms with Gasteiger partial charge in [0.15, 0.2) is 10.9 Å². The lowest BCUT2D eigenvalue weighted by Crippen LogP contribution is -2.19. The Morgan fingerprint density at radius 1 is 1.29 bits per heavy atom. The lowest BCUT2D eigenvalue weighted by molar-refractivity contribution is 0.101. The first-order valence-electron chi connectivity index (χ1n) is 6.72. The number of anilines is 2. The highest BCUT2D eigenvalue weighted by molar-refractivity contribution is 7.80. The third kappa shape index (κ3) is 3.66. The molecule has 2 rings (SSSR count). The van der Waals surface area contributed by atoms with E-state index in [0.29, 0.717) is 10.7 Å². The molecule has 0 saturated heterocycles. The summed E-state index contributed by atoms with van der Waals surface area (Å²) in [6, 6.07) is 7.20. The molecule has 1 heterocycles. The molecule has 1 aromatic heterocycles. The summed E-state index contributed by atoms with van der Waals surface area (Å²) in [5.41, 5.74) is 3.43. The van der Waals surface area contributed by atoms with Gasteiger partial charge in [-0.15, -0.1) is 0 Å². The van der Waals surface area contributed by atoms with Crippen LogP contribution in [0.4, 0.5) is 11.4 Å². The van der Waals surface area contributed by atoms with Crippen LogP contribution in [0.3, 0.4) is 0 Å². The maximum Gasteiger partial charge on any atom is 0.175 e. The molecule has 0 unspecified atom stereocenters. The minimum atomic E-state index is 0.0462. The molecule has 0 fully saturated rings. The normalized spacial score (nSPS) is 10.2. The third-order valence-corrected chi connectivity index (χ3v) is 3.40. The largest absolute Gasteiger partial charge is 0.332 e. The molecule has 110 valence electrons. The van der Waals surface area contributed by atoms with Crippen molar-refractivity contribution in [1.29, 1.82) is 0 Å². The van der Waals surface area contributed by atoms with Crippen molar-refractivity contribution in [3.63, 3.8) is 0 Å². The second kappa shape index (κ2) is 6.49. The number of carbonyl (C=O) groups excluding carboxylic acids is 1. The number of ketones is 1. The minimum absolute atomic E-state index is 0.0462. The Balaban J connectivity index is 2.01. The molecule has 0 radical (unpaired) electrons. The predicted molar refractivity (Wildman–Crippen MR) is 88.9 cm³/mol. The molecular weight excluding hydrogens is 284 g/mol. The summed E-state index contributed by atoms with van der Waals surface area (Å²) < 4.78 is 1.90. The van der Waals surface area contributed by atoms with E-state index in [1.165, 1.54) is 0 Å². The Bertz CT molecular complexity index is 661. The lowest BCUT2D eigenvalue weighted by atomic mass is 10.1. The molecule has 0 spiro atoms. The van der Waals surface area contributed by atoms with Crippen LogP contribution >= 0.6 is 12.2 Å². The molecule has 0 aliphatic carbocycles. The molecule has 0 atom stereocenters. The van der Waals surface area contributed by atoms with E-state index in [2.05, 4.69) is 15.7 Å². The van der Waals surface area contributed by atoms with Crippen LogP contribution in [0.15, 0.2) is 30.5 Å². The van der Waals surface area contributed by atoms with Crippen molar-refractivity contribution in [2.24, 2.45) is 0 Å². The number of nitrogens with zero attached hydrogens (tertiary/aromatic N) is 2. The van der Waals surface area contributed by atoms with Gasteiger partial charge in [0.05, 0.1) is 17.6 Å². The van der Waals surface area contributed by atoms with Crippen LogP contribution in [0.25, 0.3) is 0 Å². The molecular formula is C15H18N4OS. The van der Waals surface area contributed by atoms with E-state index in [1.54, 1.807) is 25.3 Å². The summed E-state index contributed by atoms with van der Waals surface area (Å²) >= 11 is 5.28. The van der Waals surface area contributed by atoms with E-state index in [0.717, 1.165) is 23.6 Å². The van der Waals surface area contributed by atoms with E-state index in [-0.39, 0.29) is 5.78 Å². The summed E-state index contributed by atoms with van der Waals surface area (Å²) in [6.07, 6.45) is 1.76. The summed E-state index contributed by atoms with van der Waals surface area (Å²) in [6.45, 7) is 6.39. The van der Waals surface area contributed by atoms with Gasteiger partial charge in [-0.1, -0.05) is 0 Å². The fraction of sp³-hybridized carbons (Fsp3) is 0.267. The Morgan fingerprint density at radius 2 is 1.95 bits per heavy atom. The number of aromatic nitrogens is 2. The first-order chi connectivity index (χ1) is 10.0. The zero-order valence-electron chi connectivity index (χ0n) is 12.3. The van der Waals surface area contributed by atoms with Crippen molar-refractivity contribution in [1.82, 2.24) is 9.78 Å². The van der Waals surface area contributed by atoms with Gasteiger partial charge in [0.25, 0.3) is 0 Å². The van der Waals surface area contributed by atoms with Crippen LogP contribution in [0.5, 0.6) is 0 Å². The van der Waals surface area contributed by atoms with Gasteiger partial charge in [0, 0.05) is 17.8 Å². The summed E-state index contributed by atoms with van der Waals surface area (Å²) in [5.74, 6) is 0.0462. The van der Waals surface area contributed by atoms with Gasteiger partial charge < -0.3 is 10.6 Å². The van der Waals surface area contributed by atoms with Gasteiger partial charge in [-0.05, 0) is 57.3 Å². The second-order valence-corrected chi connectivity index (χ2v) is 5.08. The van der Waals surface area contributed by atoms with Crippen LogP contribution in [0, 0.1) is 6.92 Å². The number of nitrogens with one attached hydrogen (secondary N) is 2. The van der Waals surface area contributed by atoms with Crippen LogP contribution in [0.1, 0.15) is 29.9 Å². The van der Waals surface area contributed by atoms with Crippen molar-refractivity contribution in [3.05, 3.63) is 41.7 Å². The SMILES string of the molecule is CCn1ncc(NC(=S)Nc2ccc(C(C)=O)cc2)c1C. The fourth-order valence-electron chi connectivity index (χ4n) is 1.96. The Hall–Kier alpha value is -2.21. The highest BCUT2D eigenvalue weighted by atomic mass is 32.1. The second-order valence-electron chi connectivity index (χ2n) is 4.67. The van der Waals surface area contributed by atoms with Crippen molar-refractivity contribution in [2.45, 2.75) is 27.3 Å². The topological polar surface area (TPSA) is 59.0 Å². The minimum Gasteiger partial charge on any atom is -0.332 e. The average Bonchev–Trinajstić information content (AvgIpc) is 2.80. The zero-order chi connectivity index (χ0) is 15.4. The maximum absolute atomic E-state index is 11.2. The predicted octanol–water partition coefficient (Wildman–Crippen LogP) is 3.22. The van der Waals surface area contributed by atoms with Crippen molar-refractivity contribution in [2.75, 3.05) is 10.6 Å². The highest BCUT2D eigenvalue weighted by Gasteiger charge is 2.07. The molecule has 21 heavy (non-hydrogen) atoms. The first kappa shape index (κ1) is 15.2. The van der Waals surface area contributed by atoms with E-state index in [4.69, 9.17) is 12.2 Å². The standard InChI is InChI=1S/C15H18N4OS/c1-4-19-10(2)14(9-16-19)18-15(21)17-13-7-5-12(6-8-13)11(3)20/h5-9H,4H2,1-3H3,(H2,17,18,21). The van der Waals surface area contributed by atoms with Crippen molar-refractivity contribution >= 4 is 34.5 Å². The first-order valence-corrected chi connectivity index (χ1v) is 7.13. The Morgan fingerprint density at radius 3 is 2.48 bits per heavy atom. The molecule has 0 bridgehead atoms. The number of carbonyl (C=O) groups is 1. The number of hydrogen-bond acceptors (Lipinski definition) is 3. The monoisotopic (exact) mass is 302 g/mol. The average molecular weight is 302 g/mol. The van der Waals surface area contributed by atoms with Gasteiger partial charge in [0.2, 0.25) is 0 Å². The van der Waals surface area contributed by atoms with Gasteiger partial charge in [0.1, 0.15) is 0 Å². The molecule has 6 heteroatoms. The van der Waals surface area contributed by atoms with Crippen LogP contribution in [-0.2, 0) is 6.54 Å². The summed E-state index contributed by atoms with van der Waals surface area (Å²) in [5, 5.41) is 10.9.